The van der Waals surface area contributed by atoms with E-state index in [1.165, 1.54) is 11.3 Å². The van der Waals surface area contributed by atoms with Crippen LogP contribution in [0.4, 0.5) is 11.4 Å². The minimum Gasteiger partial charge on any atom is -0.380 e. The number of hydrogen-bond acceptors (Lipinski definition) is 3. The summed E-state index contributed by atoms with van der Waals surface area (Å²) in [5, 5.41) is 2.98. The van der Waals surface area contributed by atoms with Crippen molar-refractivity contribution in [3.63, 3.8) is 0 Å². The Hall–Kier alpha value is -2.33. The summed E-state index contributed by atoms with van der Waals surface area (Å²) >= 11 is 0. The van der Waals surface area contributed by atoms with Gasteiger partial charge < -0.3 is 15.0 Å². The second-order valence-corrected chi connectivity index (χ2v) is 6.53. The molecule has 1 aliphatic rings. The van der Waals surface area contributed by atoms with E-state index in [4.69, 9.17) is 4.74 Å². The predicted octanol–water partition coefficient (Wildman–Crippen LogP) is 3.87. The van der Waals surface area contributed by atoms with Crippen LogP contribution in [0.2, 0.25) is 0 Å². The third kappa shape index (κ3) is 5.07. The van der Waals surface area contributed by atoms with E-state index in [9.17, 15) is 4.79 Å². The third-order valence-electron chi connectivity index (χ3n) is 4.71. The maximum Gasteiger partial charge on any atom is 0.224 e. The fourth-order valence-corrected chi connectivity index (χ4v) is 3.23. The average Bonchev–Trinajstić information content (AvgIpc) is 3.12. The lowest BCUT2D eigenvalue weighted by Crippen LogP contribution is -2.22. The molecule has 25 heavy (non-hydrogen) atoms. The molecule has 0 aromatic heterocycles. The molecule has 1 N–H and O–H groups in total. The lowest BCUT2D eigenvalue weighted by atomic mass is 10.1. The Morgan fingerprint density at radius 3 is 2.60 bits per heavy atom. The van der Waals surface area contributed by atoms with Crippen LogP contribution in [0.25, 0.3) is 0 Å². The number of amides is 1. The molecule has 2 aromatic carbocycles. The molecule has 0 aliphatic carbocycles. The molecule has 0 bridgehead atoms. The number of nitrogens with one attached hydrogen (secondary N) is 1. The van der Waals surface area contributed by atoms with Crippen LogP contribution >= 0.6 is 0 Å². The standard InChI is InChI=1S/C21H26N2O2/c1-25-20-14-15-23(16-20)19-12-10-18(11-13-19)22-21(24)9-5-8-17-6-3-2-4-7-17/h2-4,6-7,10-13,20H,5,8-9,14-16H2,1H3,(H,22,24)/t20-/m0/s1. The molecule has 1 amide bonds. The highest BCUT2D eigenvalue weighted by molar-refractivity contribution is 5.90. The van der Waals surface area contributed by atoms with Gasteiger partial charge in [-0.1, -0.05) is 30.3 Å². The lowest BCUT2D eigenvalue weighted by Gasteiger charge is -2.18. The topological polar surface area (TPSA) is 41.6 Å². The number of aryl methyl sites for hydroxylation is 1. The van der Waals surface area contributed by atoms with Gasteiger partial charge in [-0.2, -0.15) is 0 Å². The van der Waals surface area contributed by atoms with Gasteiger partial charge in [0, 0.05) is 38.0 Å². The first-order valence-electron chi connectivity index (χ1n) is 8.96. The second kappa shape index (κ2) is 8.67. The SMILES string of the molecule is CO[C@H]1CCN(c2ccc(NC(=O)CCCc3ccccc3)cc2)C1. The van der Waals surface area contributed by atoms with E-state index in [-0.39, 0.29) is 5.91 Å². The number of hydrogen-bond donors (Lipinski definition) is 1. The summed E-state index contributed by atoms with van der Waals surface area (Å²) in [6, 6.07) is 18.4. The van der Waals surface area contributed by atoms with E-state index in [0.29, 0.717) is 12.5 Å². The van der Waals surface area contributed by atoms with Crippen molar-refractivity contribution >= 4 is 17.3 Å². The summed E-state index contributed by atoms with van der Waals surface area (Å²) in [4.78, 5) is 14.4. The summed E-state index contributed by atoms with van der Waals surface area (Å²) in [5.74, 6) is 0.0734. The molecule has 1 atom stereocenters. The van der Waals surface area contributed by atoms with Crippen molar-refractivity contribution in [3.8, 4) is 0 Å². The van der Waals surface area contributed by atoms with E-state index in [2.05, 4.69) is 34.5 Å². The van der Waals surface area contributed by atoms with Crippen LogP contribution in [0.5, 0.6) is 0 Å². The van der Waals surface area contributed by atoms with Crippen molar-refractivity contribution in [1.82, 2.24) is 0 Å². The molecule has 1 saturated heterocycles. The second-order valence-electron chi connectivity index (χ2n) is 6.53. The van der Waals surface area contributed by atoms with Crippen LogP contribution in [0.15, 0.2) is 54.6 Å². The minimum atomic E-state index is 0.0734. The molecule has 132 valence electrons. The number of carbonyl (C=O) groups excluding carboxylic acids is 1. The zero-order valence-corrected chi connectivity index (χ0v) is 14.8. The summed E-state index contributed by atoms with van der Waals surface area (Å²) in [6.45, 7) is 1.95. The van der Waals surface area contributed by atoms with Gasteiger partial charge in [0.15, 0.2) is 0 Å². The Kier molecular flexibility index (Phi) is 6.07. The minimum absolute atomic E-state index is 0.0734. The maximum absolute atomic E-state index is 12.1. The monoisotopic (exact) mass is 338 g/mol. The number of carbonyl (C=O) groups is 1. The molecule has 1 aliphatic heterocycles. The average molecular weight is 338 g/mol. The molecule has 3 rings (SSSR count). The lowest BCUT2D eigenvalue weighted by molar-refractivity contribution is -0.116. The Labute approximate surface area is 149 Å². The number of methoxy groups -OCH3 is 1. The third-order valence-corrected chi connectivity index (χ3v) is 4.71. The molecular weight excluding hydrogens is 312 g/mol. The molecule has 1 heterocycles. The van der Waals surface area contributed by atoms with Crippen LogP contribution in [0.1, 0.15) is 24.8 Å². The zero-order chi connectivity index (χ0) is 17.5. The van der Waals surface area contributed by atoms with Crippen LogP contribution < -0.4 is 10.2 Å². The molecule has 0 saturated carbocycles. The first kappa shape index (κ1) is 17.5. The van der Waals surface area contributed by atoms with Crippen molar-refractivity contribution in [2.24, 2.45) is 0 Å². The summed E-state index contributed by atoms with van der Waals surface area (Å²) in [6.07, 6.45) is 3.72. The van der Waals surface area contributed by atoms with Crippen molar-refractivity contribution in [3.05, 3.63) is 60.2 Å². The zero-order valence-electron chi connectivity index (χ0n) is 14.8. The van der Waals surface area contributed by atoms with Crippen molar-refractivity contribution in [2.45, 2.75) is 31.8 Å². The first-order valence-corrected chi connectivity index (χ1v) is 8.96. The van der Waals surface area contributed by atoms with Crippen LogP contribution in [-0.4, -0.2) is 32.2 Å². The number of rotatable bonds is 7. The van der Waals surface area contributed by atoms with Crippen LogP contribution in [0, 0.1) is 0 Å². The van der Waals surface area contributed by atoms with E-state index >= 15 is 0 Å². The van der Waals surface area contributed by atoms with Gasteiger partial charge in [0.05, 0.1) is 6.10 Å². The fraction of sp³-hybridized carbons (Fsp3) is 0.381. The molecule has 1 fully saturated rings. The molecule has 2 aromatic rings. The van der Waals surface area contributed by atoms with Crippen LogP contribution in [0.3, 0.4) is 0 Å². The van der Waals surface area contributed by atoms with Crippen molar-refractivity contribution in [2.75, 3.05) is 30.4 Å². The molecule has 4 heteroatoms. The maximum atomic E-state index is 12.1. The number of ether oxygens (including phenoxy) is 1. The van der Waals surface area contributed by atoms with Crippen molar-refractivity contribution in [1.29, 1.82) is 0 Å². The predicted molar refractivity (Wildman–Crippen MR) is 102 cm³/mol. The van der Waals surface area contributed by atoms with E-state index in [0.717, 1.165) is 38.0 Å². The normalized spacial score (nSPS) is 16.8. The highest BCUT2D eigenvalue weighted by Crippen LogP contribution is 2.23. The van der Waals surface area contributed by atoms with E-state index < -0.39 is 0 Å². The summed E-state index contributed by atoms with van der Waals surface area (Å²) in [5.41, 5.74) is 3.32. The van der Waals surface area contributed by atoms with E-state index in [1.807, 2.05) is 30.3 Å². The summed E-state index contributed by atoms with van der Waals surface area (Å²) in [7, 11) is 1.77. The Morgan fingerprint density at radius 1 is 1.16 bits per heavy atom. The molecular formula is C21H26N2O2. The number of anilines is 2. The fourth-order valence-electron chi connectivity index (χ4n) is 3.23. The van der Waals surface area contributed by atoms with Gasteiger partial charge in [0.25, 0.3) is 0 Å². The smallest absolute Gasteiger partial charge is 0.224 e. The quantitative estimate of drug-likeness (QED) is 0.833. The molecule has 0 unspecified atom stereocenters. The first-order chi connectivity index (χ1) is 12.2. The highest BCUT2D eigenvalue weighted by Gasteiger charge is 2.22. The number of nitrogens with zero attached hydrogens (tertiary/aromatic N) is 1. The Bertz CT molecular complexity index is 670. The van der Waals surface area contributed by atoms with Gasteiger partial charge in [0.2, 0.25) is 5.91 Å². The summed E-state index contributed by atoms with van der Waals surface area (Å²) < 4.78 is 5.41. The molecule has 4 nitrogen and oxygen atoms in total. The van der Waals surface area contributed by atoms with E-state index in [1.54, 1.807) is 7.11 Å². The van der Waals surface area contributed by atoms with Gasteiger partial charge in [-0.15, -0.1) is 0 Å². The van der Waals surface area contributed by atoms with Gasteiger partial charge in [-0.3, -0.25) is 4.79 Å². The van der Waals surface area contributed by atoms with Gasteiger partial charge in [-0.05, 0) is 49.1 Å². The van der Waals surface area contributed by atoms with Gasteiger partial charge in [0.1, 0.15) is 0 Å². The molecule has 0 radical (unpaired) electrons. The Balaban J connectivity index is 1.44. The molecule has 0 spiro atoms. The highest BCUT2D eigenvalue weighted by atomic mass is 16.5. The van der Waals surface area contributed by atoms with Gasteiger partial charge in [-0.25, -0.2) is 0 Å². The Morgan fingerprint density at radius 2 is 1.92 bits per heavy atom. The van der Waals surface area contributed by atoms with Crippen molar-refractivity contribution < 1.29 is 9.53 Å². The van der Waals surface area contributed by atoms with Crippen LogP contribution in [-0.2, 0) is 16.0 Å². The number of benzene rings is 2. The largest absolute Gasteiger partial charge is 0.380 e. The van der Waals surface area contributed by atoms with Gasteiger partial charge >= 0.3 is 0 Å².